The molecule has 1 unspecified atom stereocenters. The van der Waals surface area contributed by atoms with Gasteiger partial charge < -0.3 is 14.2 Å². The molecule has 2 aliphatic rings. The molecule has 1 aromatic heterocycles. The van der Waals surface area contributed by atoms with Crippen LogP contribution < -0.4 is 10.3 Å². The lowest BCUT2D eigenvalue weighted by Crippen LogP contribution is -2.53. The number of hydrogen-bond donors (Lipinski definition) is 0. The molecule has 3 aromatic rings. The van der Waals surface area contributed by atoms with Gasteiger partial charge in [-0.15, -0.1) is 6.58 Å². The van der Waals surface area contributed by atoms with Gasteiger partial charge in [0.05, 0.1) is 16.6 Å². The summed E-state index contributed by atoms with van der Waals surface area (Å²) in [6.07, 6.45) is 2.27. The molecule has 30 heavy (non-hydrogen) atoms. The van der Waals surface area contributed by atoms with Crippen molar-refractivity contribution in [2.24, 2.45) is 0 Å². The molecule has 5 rings (SSSR count). The van der Waals surface area contributed by atoms with Crippen LogP contribution >= 0.6 is 0 Å². The van der Waals surface area contributed by atoms with E-state index < -0.39 is 11.4 Å². The van der Waals surface area contributed by atoms with Crippen molar-refractivity contribution in [1.29, 1.82) is 0 Å². The normalized spacial score (nSPS) is 19.6. The van der Waals surface area contributed by atoms with Gasteiger partial charge in [0.1, 0.15) is 5.58 Å². The summed E-state index contributed by atoms with van der Waals surface area (Å²) in [5, 5.41) is 0.356. The minimum absolute atomic E-state index is 0.0456. The van der Waals surface area contributed by atoms with Crippen LogP contribution in [0.3, 0.4) is 0 Å². The lowest BCUT2D eigenvalue weighted by atomic mass is 9.84. The highest BCUT2D eigenvalue weighted by Gasteiger charge is 2.64. The average Bonchev–Trinajstić information content (AvgIpc) is 3.15. The molecule has 2 aromatic carbocycles. The zero-order valence-corrected chi connectivity index (χ0v) is 16.6. The highest BCUT2D eigenvalue weighted by Crippen LogP contribution is 2.52. The van der Waals surface area contributed by atoms with E-state index in [4.69, 9.17) is 4.42 Å². The van der Waals surface area contributed by atoms with Crippen LogP contribution in [0.1, 0.15) is 35.0 Å². The SMILES string of the molecule is C=CCN1C(=O)C2(c3ccccc31)c1c(oc3ccccc3c1=O)C(=O)N2CCC. The van der Waals surface area contributed by atoms with Crippen molar-refractivity contribution in [3.05, 3.63) is 88.3 Å². The molecule has 2 aliphatic heterocycles. The summed E-state index contributed by atoms with van der Waals surface area (Å²) < 4.78 is 5.94. The largest absolute Gasteiger partial charge is 0.450 e. The van der Waals surface area contributed by atoms with Gasteiger partial charge >= 0.3 is 0 Å². The number of amides is 2. The minimum Gasteiger partial charge on any atom is -0.450 e. The van der Waals surface area contributed by atoms with E-state index in [1.54, 1.807) is 35.2 Å². The first-order chi connectivity index (χ1) is 14.6. The molecule has 0 N–H and O–H groups in total. The molecule has 0 bridgehead atoms. The van der Waals surface area contributed by atoms with Crippen LogP contribution in [-0.4, -0.2) is 29.8 Å². The van der Waals surface area contributed by atoms with Gasteiger partial charge in [-0.1, -0.05) is 43.3 Å². The Kier molecular flexibility index (Phi) is 3.93. The molecule has 6 heteroatoms. The third-order valence-corrected chi connectivity index (χ3v) is 5.90. The fourth-order valence-corrected chi connectivity index (χ4v) is 4.77. The number of para-hydroxylation sites is 2. The quantitative estimate of drug-likeness (QED) is 0.629. The summed E-state index contributed by atoms with van der Waals surface area (Å²) in [5.41, 5.74) is -0.111. The number of anilines is 1. The third kappa shape index (κ3) is 2.05. The smallest absolute Gasteiger partial charge is 0.291 e. The second kappa shape index (κ2) is 6.42. The van der Waals surface area contributed by atoms with Gasteiger partial charge in [-0.25, -0.2) is 0 Å². The van der Waals surface area contributed by atoms with Gasteiger partial charge in [-0.3, -0.25) is 14.4 Å². The second-order valence-corrected chi connectivity index (χ2v) is 7.52. The number of nitrogens with zero attached hydrogens (tertiary/aromatic N) is 2. The van der Waals surface area contributed by atoms with E-state index in [-0.39, 0.29) is 29.2 Å². The van der Waals surface area contributed by atoms with Crippen LogP contribution in [0.5, 0.6) is 0 Å². The highest BCUT2D eigenvalue weighted by molar-refractivity contribution is 6.17. The monoisotopic (exact) mass is 400 g/mol. The van der Waals surface area contributed by atoms with Crippen LogP contribution in [-0.2, 0) is 10.3 Å². The summed E-state index contributed by atoms with van der Waals surface area (Å²) in [5.74, 6) is -0.805. The first-order valence-corrected chi connectivity index (χ1v) is 9.98. The van der Waals surface area contributed by atoms with E-state index >= 15 is 0 Å². The summed E-state index contributed by atoms with van der Waals surface area (Å²) in [6, 6.07) is 14.1. The zero-order valence-electron chi connectivity index (χ0n) is 16.6. The van der Waals surface area contributed by atoms with E-state index in [0.717, 1.165) is 0 Å². The van der Waals surface area contributed by atoms with Crippen molar-refractivity contribution in [3.63, 3.8) is 0 Å². The van der Waals surface area contributed by atoms with Crippen LogP contribution in [0, 0.1) is 0 Å². The first kappa shape index (κ1) is 18.4. The molecule has 6 nitrogen and oxygen atoms in total. The van der Waals surface area contributed by atoms with Crippen LogP contribution in [0.4, 0.5) is 5.69 Å². The number of carbonyl (C=O) groups is 2. The average molecular weight is 400 g/mol. The Balaban J connectivity index is 1.94. The topological polar surface area (TPSA) is 70.8 Å². The van der Waals surface area contributed by atoms with E-state index in [9.17, 15) is 14.4 Å². The Hall–Kier alpha value is -3.67. The standard InChI is InChI=1S/C24H20N2O4/c1-3-13-25-17-11-7-6-10-16(17)24(23(25)29)19-20(27)15-9-5-8-12-18(15)30-21(19)22(28)26(24)14-4-2/h3,5-12H,1,4,13-14H2,2H3. The van der Waals surface area contributed by atoms with Crippen molar-refractivity contribution in [3.8, 4) is 0 Å². The van der Waals surface area contributed by atoms with E-state index in [1.807, 2.05) is 31.2 Å². The van der Waals surface area contributed by atoms with Crippen LogP contribution in [0.15, 0.2) is 70.4 Å². The maximum Gasteiger partial charge on any atom is 0.291 e. The lowest BCUT2D eigenvalue weighted by Gasteiger charge is -2.34. The molecule has 1 atom stereocenters. The third-order valence-electron chi connectivity index (χ3n) is 5.90. The second-order valence-electron chi connectivity index (χ2n) is 7.52. The summed E-state index contributed by atoms with van der Waals surface area (Å²) in [4.78, 5) is 44.2. The van der Waals surface area contributed by atoms with Gasteiger partial charge in [-0.05, 0) is 24.6 Å². The molecule has 0 saturated carbocycles. The van der Waals surface area contributed by atoms with Gasteiger partial charge in [-0.2, -0.15) is 0 Å². The first-order valence-electron chi connectivity index (χ1n) is 9.98. The van der Waals surface area contributed by atoms with Crippen LogP contribution in [0.25, 0.3) is 11.0 Å². The predicted molar refractivity (Wildman–Crippen MR) is 114 cm³/mol. The molecule has 1 spiro atoms. The molecular weight excluding hydrogens is 380 g/mol. The minimum atomic E-state index is -1.52. The Morgan fingerprint density at radius 2 is 1.80 bits per heavy atom. The van der Waals surface area contributed by atoms with Crippen LogP contribution in [0.2, 0.25) is 0 Å². The summed E-state index contributed by atoms with van der Waals surface area (Å²) >= 11 is 0. The fraction of sp³-hybridized carbons (Fsp3) is 0.208. The van der Waals surface area contributed by atoms with Gasteiger partial charge in [0.25, 0.3) is 11.8 Å². The Labute approximate surface area is 173 Å². The van der Waals surface area contributed by atoms with Gasteiger partial charge in [0, 0.05) is 18.7 Å². The Bertz CT molecular complexity index is 1290. The maximum absolute atomic E-state index is 14.0. The zero-order chi connectivity index (χ0) is 21.0. The number of rotatable bonds is 4. The number of carbonyl (C=O) groups excluding carboxylic acids is 2. The van der Waals surface area contributed by atoms with Crippen molar-refractivity contribution in [2.45, 2.75) is 18.9 Å². The molecule has 0 radical (unpaired) electrons. The summed E-state index contributed by atoms with van der Waals surface area (Å²) in [7, 11) is 0. The van der Waals surface area contributed by atoms with Crippen molar-refractivity contribution in [1.82, 2.24) is 4.90 Å². The van der Waals surface area contributed by atoms with E-state index in [0.29, 0.717) is 35.2 Å². The lowest BCUT2D eigenvalue weighted by molar-refractivity contribution is -0.126. The number of benzene rings is 2. The van der Waals surface area contributed by atoms with Crippen molar-refractivity contribution < 1.29 is 14.0 Å². The predicted octanol–water partition coefficient (Wildman–Crippen LogP) is 3.44. The molecule has 0 aliphatic carbocycles. The fourth-order valence-electron chi connectivity index (χ4n) is 4.77. The highest BCUT2D eigenvalue weighted by atomic mass is 16.3. The molecule has 2 amide bonds. The molecule has 3 heterocycles. The van der Waals surface area contributed by atoms with E-state index in [1.165, 1.54) is 4.90 Å². The van der Waals surface area contributed by atoms with Gasteiger partial charge in [0.2, 0.25) is 5.76 Å². The summed E-state index contributed by atoms with van der Waals surface area (Å²) in [6.45, 7) is 6.30. The van der Waals surface area contributed by atoms with Crippen molar-refractivity contribution >= 4 is 28.5 Å². The molecule has 0 fully saturated rings. The van der Waals surface area contributed by atoms with Gasteiger partial charge in [0.15, 0.2) is 11.0 Å². The maximum atomic E-state index is 14.0. The van der Waals surface area contributed by atoms with Crippen molar-refractivity contribution in [2.75, 3.05) is 18.0 Å². The molecule has 0 saturated heterocycles. The Morgan fingerprint density at radius 1 is 1.07 bits per heavy atom. The van der Waals surface area contributed by atoms with E-state index in [2.05, 4.69) is 6.58 Å². The molecule has 150 valence electrons. The Morgan fingerprint density at radius 3 is 2.57 bits per heavy atom. The molecular formula is C24H20N2O4. The number of hydrogen-bond acceptors (Lipinski definition) is 4. The number of fused-ring (bicyclic) bond motifs is 5.